The van der Waals surface area contributed by atoms with Gasteiger partial charge in [-0.15, -0.1) is 0 Å². The molecule has 4 heteroatoms. The summed E-state index contributed by atoms with van der Waals surface area (Å²) in [4.78, 5) is 15.7. The molecule has 0 saturated heterocycles. The summed E-state index contributed by atoms with van der Waals surface area (Å²) >= 11 is 0. The zero-order chi connectivity index (χ0) is 12.5. The van der Waals surface area contributed by atoms with E-state index >= 15 is 0 Å². The van der Waals surface area contributed by atoms with Gasteiger partial charge in [-0.2, -0.15) is 0 Å². The van der Waals surface area contributed by atoms with Gasteiger partial charge in [0, 0.05) is 28.6 Å². The summed E-state index contributed by atoms with van der Waals surface area (Å²) in [5.74, 6) is 0.729. The fourth-order valence-corrected chi connectivity index (χ4v) is 2.33. The Morgan fingerprint density at radius 2 is 2.33 bits per heavy atom. The van der Waals surface area contributed by atoms with Crippen molar-refractivity contribution in [3.05, 3.63) is 39.7 Å². The third kappa shape index (κ3) is 1.78. The summed E-state index contributed by atoms with van der Waals surface area (Å²) in [6.45, 7) is 3.59. The van der Waals surface area contributed by atoms with Crippen LogP contribution in [-0.4, -0.2) is 18.2 Å². The van der Waals surface area contributed by atoms with Crippen molar-refractivity contribution in [1.82, 2.24) is 4.98 Å². The van der Waals surface area contributed by atoms with Crippen molar-refractivity contribution in [2.75, 3.05) is 13.2 Å². The van der Waals surface area contributed by atoms with Crippen LogP contribution in [0.5, 0.6) is 5.75 Å². The fraction of sp³-hybridized carbons (Fsp3) is 0.357. The molecule has 0 aliphatic carbocycles. The first-order valence-corrected chi connectivity index (χ1v) is 6.18. The quantitative estimate of drug-likeness (QED) is 0.880. The number of aromatic amines is 1. The number of aromatic nitrogens is 1. The predicted octanol–water partition coefficient (Wildman–Crippen LogP) is 2.00. The first kappa shape index (κ1) is 11.3. The van der Waals surface area contributed by atoms with Gasteiger partial charge in [0.15, 0.2) is 5.43 Å². The second-order valence-corrected chi connectivity index (χ2v) is 4.35. The van der Waals surface area contributed by atoms with Gasteiger partial charge in [0.05, 0.1) is 19.8 Å². The van der Waals surface area contributed by atoms with Crippen LogP contribution in [0.4, 0.5) is 0 Å². The van der Waals surface area contributed by atoms with Crippen molar-refractivity contribution in [3.63, 3.8) is 0 Å². The molecule has 1 aromatic carbocycles. The van der Waals surface area contributed by atoms with Crippen LogP contribution in [0.25, 0.3) is 10.9 Å². The van der Waals surface area contributed by atoms with Crippen LogP contribution in [0, 0.1) is 0 Å². The van der Waals surface area contributed by atoms with Gasteiger partial charge in [-0.3, -0.25) is 4.79 Å². The lowest BCUT2D eigenvalue weighted by Gasteiger charge is -2.16. The van der Waals surface area contributed by atoms with Crippen LogP contribution in [-0.2, 0) is 17.8 Å². The normalized spacial score (nSPS) is 14.5. The number of fused-ring (bicyclic) bond motifs is 2. The minimum Gasteiger partial charge on any atom is -0.494 e. The molecule has 0 radical (unpaired) electrons. The summed E-state index contributed by atoms with van der Waals surface area (Å²) in [6, 6.07) is 5.58. The number of hydrogen-bond acceptors (Lipinski definition) is 3. The molecular weight excluding hydrogens is 230 g/mol. The lowest BCUT2D eigenvalue weighted by atomic mass is 10.1. The van der Waals surface area contributed by atoms with Crippen LogP contribution in [0.2, 0.25) is 0 Å². The van der Waals surface area contributed by atoms with Gasteiger partial charge < -0.3 is 14.5 Å². The zero-order valence-corrected chi connectivity index (χ0v) is 10.3. The maximum absolute atomic E-state index is 12.4. The topological polar surface area (TPSA) is 51.3 Å². The van der Waals surface area contributed by atoms with Crippen LogP contribution in [0.3, 0.4) is 0 Å². The van der Waals surface area contributed by atoms with E-state index in [2.05, 4.69) is 4.98 Å². The highest BCUT2D eigenvalue weighted by Crippen LogP contribution is 2.20. The molecule has 1 aliphatic rings. The molecule has 0 unspecified atom stereocenters. The highest BCUT2D eigenvalue weighted by molar-refractivity contribution is 5.81. The molecule has 0 amide bonds. The molecule has 0 fully saturated rings. The van der Waals surface area contributed by atoms with Crippen molar-refractivity contribution < 1.29 is 9.47 Å². The van der Waals surface area contributed by atoms with E-state index in [1.807, 2.05) is 19.1 Å². The minimum absolute atomic E-state index is 0.0556. The number of pyridine rings is 1. The molecule has 4 nitrogen and oxygen atoms in total. The first-order chi connectivity index (χ1) is 8.79. The molecule has 1 aromatic heterocycles. The van der Waals surface area contributed by atoms with Gasteiger partial charge in [0.1, 0.15) is 5.75 Å². The molecule has 0 spiro atoms. The summed E-state index contributed by atoms with van der Waals surface area (Å²) < 4.78 is 10.8. The highest BCUT2D eigenvalue weighted by atomic mass is 16.5. The van der Waals surface area contributed by atoms with Gasteiger partial charge in [-0.1, -0.05) is 0 Å². The largest absolute Gasteiger partial charge is 0.494 e. The number of hydrogen-bond donors (Lipinski definition) is 1. The number of H-pyrrole nitrogens is 1. The van der Waals surface area contributed by atoms with Crippen molar-refractivity contribution in [3.8, 4) is 5.75 Å². The fourth-order valence-electron chi connectivity index (χ4n) is 2.33. The molecule has 94 valence electrons. The van der Waals surface area contributed by atoms with Crippen LogP contribution >= 0.6 is 0 Å². The van der Waals surface area contributed by atoms with E-state index in [1.54, 1.807) is 6.07 Å². The number of benzene rings is 1. The second-order valence-electron chi connectivity index (χ2n) is 4.35. The monoisotopic (exact) mass is 245 g/mol. The SMILES string of the molecule is CCOc1ccc2[nH]c3c(c(=O)c2c1)COCC3. The third-order valence-corrected chi connectivity index (χ3v) is 3.21. The number of rotatable bonds is 2. The molecule has 0 bridgehead atoms. The average molecular weight is 245 g/mol. The molecule has 2 heterocycles. The molecule has 18 heavy (non-hydrogen) atoms. The Hall–Kier alpha value is -1.81. The summed E-state index contributed by atoms with van der Waals surface area (Å²) in [6.07, 6.45) is 0.772. The maximum Gasteiger partial charge on any atom is 0.195 e. The van der Waals surface area contributed by atoms with Gasteiger partial charge in [-0.25, -0.2) is 0 Å². The van der Waals surface area contributed by atoms with E-state index < -0.39 is 0 Å². The highest BCUT2D eigenvalue weighted by Gasteiger charge is 2.16. The van der Waals surface area contributed by atoms with Crippen molar-refractivity contribution in [1.29, 1.82) is 0 Å². The summed E-state index contributed by atoms with van der Waals surface area (Å²) in [7, 11) is 0. The Balaban J connectivity index is 2.23. The maximum atomic E-state index is 12.4. The predicted molar refractivity (Wildman–Crippen MR) is 69.1 cm³/mol. The number of nitrogens with one attached hydrogen (secondary N) is 1. The minimum atomic E-state index is 0.0556. The molecule has 3 rings (SSSR count). The van der Waals surface area contributed by atoms with E-state index in [0.717, 1.165) is 28.9 Å². The third-order valence-electron chi connectivity index (χ3n) is 3.21. The van der Waals surface area contributed by atoms with Gasteiger partial charge in [0.2, 0.25) is 0 Å². The molecule has 1 N–H and O–H groups in total. The van der Waals surface area contributed by atoms with Gasteiger partial charge >= 0.3 is 0 Å². The van der Waals surface area contributed by atoms with Crippen LogP contribution in [0.1, 0.15) is 18.2 Å². The van der Waals surface area contributed by atoms with Crippen LogP contribution in [0.15, 0.2) is 23.0 Å². The van der Waals surface area contributed by atoms with Crippen molar-refractivity contribution >= 4 is 10.9 Å². The van der Waals surface area contributed by atoms with E-state index in [1.165, 1.54) is 0 Å². The second kappa shape index (κ2) is 4.46. The molecule has 2 aromatic rings. The van der Waals surface area contributed by atoms with Crippen LogP contribution < -0.4 is 10.2 Å². The van der Waals surface area contributed by atoms with Crippen molar-refractivity contribution in [2.45, 2.75) is 20.0 Å². The Morgan fingerprint density at radius 3 is 3.17 bits per heavy atom. The molecule has 0 atom stereocenters. The Labute approximate surface area is 105 Å². The smallest absolute Gasteiger partial charge is 0.195 e. The standard InChI is InChI=1S/C14H15NO3/c1-2-18-9-3-4-12-10(7-9)14(16)11-8-17-6-5-13(11)15-12/h3-4,7H,2,5-6,8H2,1H3,(H,15,16). The van der Waals surface area contributed by atoms with Crippen molar-refractivity contribution in [2.24, 2.45) is 0 Å². The lowest BCUT2D eigenvalue weighted by molar-refractivity contribution is 0.109. The molecule has 1 aliphatic heterocycles. The Bertz CT molecular complexity index is 645. The Morgan fingerprint density at radius 1 is 1.44 bits per heavy atom. The first-order valence-electron chi connectivity index (χ1n) is 6.18. The zero-order valence-electron chi connectivity index (χ0n) is 10.3. The van der Waals surface area contributed by atoms with Gasteiger partial charge in [-0.05, 0) is 25.1 Å². The van der Waals surface area contributed by atoms with E-state index in [9.17, 15) is 4.79 Å². The molecular formula is C14H15NO3. The Kier molecular flexibility index (Phi) is 2.80. The number of ether oxygens (including phenoxy) is 2. The summed E-state index contributed by atoms with van der Waals surface area (Å²) in [5, 5.41) is 0.671. The van der Waals surface area contributed by atoms with E-state index in [0.29, 0.717) is 25.2 Å². The van der Waals surface area contributed by atoms with E-state index in [4.69, 9.17) is 9.47 Å². The molecule has 0 saturated carbocycles. The lowest BCUT2D eigenvalue weighted by Crippen LogP contribution is -2.21. The van der Waals surface area contributed by atoms with Gasteiger partial charge in [0.25, 0.3) is 0 Å². The summed E-state index contributed by atoms with van der Waals surface area (Å²) in [5.41, 5.74) is 2.68. The van der Waals surface area contributed by atoms with E-state index in [-0.39, 0.29) is 5.43 Å². The average Bonchev–Trinajstić information content (AvgIpc) is 2.40.